The molecule has 0 aliphatic carbocycles. The zero-order valence-corrected chi connectivity index (χ0v) is 11.5. The molecule has 0 aromatic heterocycles. The summed E-state index contributed by atoms with van der Waals surface area (Å²) in [5, 5.41) is 9.99. The van der Waals surface area contributed by atoms with E-state index in [2.05, 4.69) is 31.0 Å². The number of likely N-dealkylation sites (N-methyl/N-ethyl adjacent to an activating group) is 1. The lowest BCUT2D eigenvalue weighted by atomic mass is 10.2. The Balaban J connectivity index is 2.52. The number of hydrogen-bond acceptors (Lipinski definition) is 2. The Labute approximate surface area is 105 Å². The molecule has 0 amide bonds. The summed E-state index contributed by atoms with van der Waals surface area (Å²) in [7, 11) is 0. The Hall–Kier alpha value is -0.670. The van der Waals surface area contributed by atoms with Crippen LogP contribution in [0.1, 0.15) is 46.5 Å². The molecule has 1 aliphatic rings. The van der Waals surface area contributed by atoms with E-state index in [1.807, 2.05) is 6.92 Å². The minimum absolute atomic E-state index is 0.333. The van der Waals surface area contributed by atoms with Crippen LogP contribution in [0, 0.1) is 0 Å². The van der Waals surface area contributed by atoms with Crippen molar-refractivity contribution in [1.82, 2.24) is 0 Å². The molecule has 0 aromatic carbocycles. The molecule has 0 fully saturated rings. The van der Waals surface area contributed by atoms with Gasteiger partial charge in [-0.2, -0.15) is 0 Å². The smallest absolute Gasteiger partial charge is 0.200 e. The standard InChI is InChI=1S/C14H27N2O/c1-4-6-7-8-9-10-14-15-11-12-16(14,5-2)13(3)17/h7-8,13,17H,4-6,9-12H2,1-3H3/q+1/b8-7+. The van der Waals surface area contributed by atoms with Crippen molar-refractivity contribution in [3.05, 3.63) is 12.2 Å². The van der Waals surface area contributed by atoms with Gasteiger partial charge in [-0.3, -0.25) is 4.48 Å². The fourth-order valence-electron chi connectivity index (χ4n) is 2.55. The highest BCUT2D eigenvalue weighted by Gasteiger charge is 2.39. The zero-order valence-electron chi connectivity index (χ0n) is 11.5. The number of rotatable bonds is 7. The number of unbranched alkanes of at least 4 members (excludes halogenated alkanes) is 1. The summed E-state index contributed by atoms with van der Waals surface area (Å²) in [6, 6.07) is 0. The van der Waals surface area contributed by atoms with Crippen LogP contribution < -0.4 is 0 Å². The van der Waals surface area contributed by atoms with Gasteiger partial charge in [-0.15, -0.1) is 0 Å². The summed E-state index contributed by atoms with van der Waals surface area (Å²) in [6.45, 7) is 8.99. The molecule has 1 rings (SSSR count). The van der Waals surface area contributed by atoms with Gasteiger partial charge in [-0.25, -0.2) is 4.99 Å². The van der Waals surface area contributed by atoms with Crippen molar-refractivity contribution in [2.75, 3.05) is 19.6 Å². The number of amidine groups is 1. The number of quaternary nitrogens is 1. The molecule has 17 heavy (non-hydrogen) atoms. The number of aliphatic hydroxyl groups excluding tert-OH is 1. The van der Waals surface area contributed by atoms with Crippen molar-refractivity contribution < 1.29 is 9.59 Å². The molecule has 2 atom stereocenters. The van der Waals surface area contributed by atoms with Crippen molar-refractivity contribution >= 4 is 5.84 Å². The third-order valence-electron chi connectivity index (χ3n) is 3.74. The van der Waals surface area contributed by atoms with Crippen LogP contribution in [0.15, 0.2) is 17.1 Å². The summed E-state index contributed by atoms with van der Waals surface area (Å²) in [6.07, 6.45) is 8.57. The van der Waals surface area contributed by atoms with Crippen LogP contribution in [-0.2, 0) is 0 Å². The molecule has 0 radical (unpaired) electrons. The average Bonchev–Trinajstić information content (AvgIpc) is 2.73. The number of hydrogen-bond donors (Lipinski definition) is 1. The summed E-state index contributed by atoms with van der Waals surface area (Å²) < 4.78 is 0.682. The van der Waals surface area contributed by atoms with E-state index >= 15 is 0 Å². The lowest BCUT2D eigenvalue weighted by Gasteiger charge is -2.36. The quantitative estimate of drug-likeness (QED) is 0.538. The summed E-state index contributed by atoms with van der Waals surface area (Å²) in [4.78, 5) is 4.59. The van der Waals surface area contributed by atoms with E-state index in [0.717, 1.165) is 38.9 Å². The highest BCUT2D eigenvalue weighted by Crippen LogP contribution is 2.21. The molecule has 0 aromatic rings. The van der Waals surface area contributed by atoms with Gasteiger partial charge in [0.2, 0.25) is 5.84 Å². The first-order valence-corrected chi connectivity index (χ1v) is 6.91. The maximum atomic E-state index is 9.99. The highest BCUT2D eigenvalue weighted by atomic mass is 16.3. The SMILES string of the molecule is CCC/C=C/CCC1=NCC[N+]1(CC)C(C)O. The Morgan fingerprint density at radius 1 is 1.35 bits per heavy atom. The van der Waals surface area contributed by atoms with Gasteiger partial charge in [0.25, 0.3) is 0 Å². The number of aliphatic hydroxyl groups is 1. The van der Waals surface area contributed by atoms with Gasteiger partial charge >= 0.3 is 0 Å². The Morgan fingerprint density at radius 3 is 2.65 bits per heavy atom. The summed E-state index contributed by atoms with van der Waals surface area (Å²) in [5.74, 6) is 1.18. The van der Waals surface area contributed by atoms with E-state index < -0.39 is 0 Å². The largest absolute Gasteiger partial charge is 0.345 e. The van der Waals surface area contributed by atoms with Crippen LogP contribution in [0.25, 0.3) is 0 Å². The monoisotopic (exact) mass is 239 g/mol. The molecular formula is C14H27N2O+. The summed E-state index contributed by atoms with van der Waals surface area (Å²) in [5.41, 5.74) is 0. The van der Waals surface area contributed by atoms with Gasteiger partial charge in [-0.05, 0) is 19.8 Å². The van der Waals surface area contributed by atoms with Gasteiger partial charge < -0.3 is 5.11 Å². The second kappa shape index (κ2) is 6.92. The maximum Gasteiger partial charge on any atom is 0.200 e. The molecule has 1 heterocycles. The van der Waals surface area contributed by atoms with Gasteiger partial charge in [0.05, 0.1) is 13.1 Å². The van der Waals surface area contributed by atoms with E-state index in [1.165, 1.54) is 12.3 Å². The number of nitrogens with zero attached hydrogens (tertiary/aromatic N) is 2. The third-order valence-corrected chi connectivity index (χ3v) is 3.74. The van der Waals surface area contributed by atoms with E-state index in [4.69, 9.17) is 0 Å². The van der Waals surface area contributed by atoms with Crippen LogP contribution in [-0.4, -0.2) is 41.3 Å². The molecule has 0 saturated carbocycles. The van der Waals surface area contributed by atoms with E-state index in [9.17, 15) is 5.11 Å². The number of aliphatic imine (C=N–C) groups is 1. The van der Waals surface area contributed by atoms with E-state index in [1.54, 1.807) is 0 Å². The fraction of sp³-hybridized carbons (Fsp3) is 0.786. The first-order valence-electron chi connectivity index (χ1n) is 6.91. The molecule has 1 N–H and O–H groups in total. The zero-order chi connectivity index (χ0) is 12.7. The van der Waals surface area contributed by atoms with Crippen molar-refractivity contribution in [1.29, 1.82) is 0 Å². The molecule has 0 spiro atoms. The fourth-order valence-corrected chi connectivity index (χ4v) is 2.55. The Bertz CT molecular complexity index is 284. The molecule has 3 heteroatoms. The van der Waals surface area contributed by atoms with Crippen molar-refractivity contribution in [3.63, 3.8) is 0 Å². The molecule has 0 saturated heterocycles. The Morgan fingerprint density at radius 2 is 2.06 bits per heavy atom. The van der Waals surface area contributed by atoms with E-state index in [-0.39, 0.29) is 6.23 Å². The molecule has 0 bridgehead atoms. The lowest BCUT2D eigenvalue weighted by molar-refractivity contribution is -0.882. The van der Waals surface area contributed by atoms with Gasteiger partial charge in [-0.1, -0.05) is 25.5 Å². The van der Waals surface area contributed by atoms with Crippen LogP contribution in [0.3, 0.4) is 0 Å². The predicted molar refractivity (Wildman–Crippen MR) is 72.9 cm³/mol. The predicted octanol–water partition coefficient (Wildman–Crippen LogP) is 2.71. The molecule has 98 valence electrons. The van der Waals surface area contributed by atoms with E-state index in [0.29, 0.717) is 4.48 Å². The van der Waals surface area contributed by atoms with Gasteiger partial charge in [0.1, 0.15) is 6.54 Å². The normalized spacial score (nSPS) is 26.5. The highest BCUT2D eigenvalue weighted by molar-refractivity contribution is 5.77. The minimum Gasteiger partial charge on any atom is -0.345 e. The van der Waals surface area contributed by atoms with Crippen LogP contribution >= 0.6 is 0 Å². The van der Waals surface area contributed by atoms with Gasteiger partial charge in [0.15, 0.2) is 6.23 Å². The first kappa shape index (κ1) is 14.4. The second-order valence-corrected chi connectivity index (χ2v) is 4.80. The number of allylic oxidation sites excluding steroid dienone is 2. The van der Waals surface area contributed by atoms with Crippen molar-refractivity contribution in [3.8, 4) is 0 Å². The van der Waals surface area contributed by atoms with Crippen LogP contribution in [0.4, 0.5) is 0 Å². The minimum atomic E-state index is -0.333. The average molecular weight is 239 g/mol. The second-order valence-electron chi connectivity index (χ2n) is 4.80. The molecular weight excluding hydrogens is 212 g/mol. The van der Waals surface area contributed by atoms with Crippen LogP contribution in [0.5, 0.6) is 0 Å². The van der Waals surface area contributed by atoms with Crippen molar-refractivity contribution in [2.24, 2.45) is 4.99 Å². The first-order chi connectivity index (χ1) is 8.17. The lowest BCUT2D eigenvalue weighted by Crippen LogP contribution is -2.56. The topological polar surface area (TPSA) is 32.6 Å². The summed E-state index contributed by atoms with van der Waals surface area (Å²) >= 11 is 0. The maximum absolute atomic E-state index is 9.99. The Kier molecular flexibility index (Phi) is 5.86. The third kappa shape index (κ3) is 3.39. The van der Waals surface area contributed by atoms with Crippen molar-refractivity contribution in [2.45, 2.75) is 52.7 Å². The van der Waals surface area contributed by atoms with Gasteiger partial charge in [0, 0.05) is 13.3 Å². The molecule has 2 unspecified atom stereocenters. The molecule has 3 nitrogen and oxygen atoms in total. The van der Waals surface area contributed by atoms with Crippen LogP contribution in [0.2, 0.25) is 0 Å². The molecule has 1 aliphatic heterocycles.